The van der Waals surface area contributed by atoms with Gasteiger partial charge in [0.2, 0.25) is 15.2 Å². The van der Waals surface area contributed by atoms with Gasteiger partial charge in [-0.25, -0.2) is 13.4 Å². The first kappa shape index (κ1) is 28.4. The van der Waals surface area contributed by atoms with Crippen LogP contribution in [0.4, 0.5) is 11.0 Å². The minimum Gasteiger partial charge on any atom is -0.497 e. The van der Waals surface area contributed by atoms with Crippen molar-refractivity contribution in [3.05, 3.63) is 76.0 Å². The number of furan rings is 1. The number of ether oxygens (including phenoxy) is 2. The van der Waals surface area contributed by atoms with Crippen molar-refractivity contribution >= 4 is 54.7 Å². The highest BCUT2D eigenvalue weighted by atomic mass is 32.2. The van der Waals surface area contributed by atoms with Gasteiger partial charge in [-0.05, 0) is 62.4 Å². The highest BCUT2D eigenvalue weighted by molar-refractivity contribution is 7.89. The highest BCUT2D eigenvalue weighted by Gasteiger charge is 2.32. The Morgan fingerprint density at radius 2 is 1.88 bits per heavy atom. The van der Waals surface area contributed by atoms with E-state index in [1.54, 1.807) is 18.2 Å². The molecule has 3 heterocycles. The van der Waals surface area contributed by atoms with Crippen LogP contribution in [0.2, 0.25) is 0 Å². The number of hydrogen-bond acceptors (Lipinski definition) is 11. The number of hydrogen-bond donors (Lipinski definition) is 0. The maximum Gasteiger partial charge on any atom is 0.433 e. The standard InChI is InChI=1S/C26H25N5O8S2/c1-16-14-29(15-17(2)38-16)41(35,36)21-8-4-18(5-9-21)25(32)30(27-13-20-7-11-24(39-20)31(33)34)26-28-22-10-6-19(37-3)12-23(22)40-26/h4-13,16-17H,14-15H2,1-3H3/b27-13+. The van der Waals surface area contributed by atoms with E-state index in [9.17, 15) is 23.3 Å². The number of nitrogens with zero attached hydrogens (tertiary/aromatic N) is 5. The summed E-state index contributed by atoms with van der Waals surface area (Å²) in [6, 6.07) is 13.3. The summed E-state index contributed by atoms with van der Waals surface area (Å²) in [4.78, 5) is 28.5. The second-order valence-corrected chi connectivity index (χ2v) is 12.2. The Labute approximate surface area is 238 Å². The first-order chi connectivity index (χ1) is 19.5. The number of nitro groups is 1. The van der Waals surface area contributed by atoms with Crippen LogP contribution in [0, 0.1) is 10.1 Å². The number of anilines is 1. The number of hydrazone groups is 1. The molecule has 0 saturated carbocycles. The number of morpholine rings is 1. The Bertz CT molecular complexity index is 1720. The van der Waals surface area contributed by atoms with Gasteiger partial charge in [0.05, 0.1) is 46.7 Å². The van der Waals surface area contributed by atoms with Crippen molar-refractivity contribution < 1.29 is 32.0 Å². The number of rotatable bonds is 8. The van der Waals surface area contributed by atoms with E-state index >= 15 is 0 Å². The summed E-state index contributed by atoms with van der Waals surface area (Å²) < 4.78 is 44.7. The molecule has 1 aliphatic rings. The van der Waals surface area contributed by atoms with E-state index < -0.39 is 26.7 Å². The van der Waals surface area contributed by atoms with E-state index in [1.165, 1.54) is 59.2 Å². The van der Waals surface area contributed by atoms with Crippen molar-refractivity contribution in [2.75, 3.05) is 25.2 Å². The largest absolute Gasteiger partial charge is 0.497 e. The minimum atomic E-state index is -3.81. The molecule has 2 unspecified atom stereocenters. The number of aromatic nitrogens is 1. The summed E-state index contributed by atoms with van der Waals surface area (Å²) in [5.41, 5.74) is 0.745. The van der Waals surface area contributed by atoms with Crippen molar-refractivity contribution in [3.63, 3.8) is 0 Å². The van der Waals surface area contributed by atoms with Crippen LogP contribution >= 0.6 is 11.3 Å². The van der Waals surface area contributed by atoms with Crippen LogP contribution in [0.1, 0.15) is 30.0 Å². The Kier molecular flexibility index (Phi) is 7.86. The number of carbonyl (C=O) groups is 1. The third-order valence-electron chi connectivity index (χ3n) is 6.18. The van der Waals surface area contributed by atoms with Gasteiger partial charge in [-0.3, -0.25) is 14.9 Å². The van der Waals surface area contributed by atoms with E-state index in [4.69, 9.17) is 13.9 Å². The number of methoxy groups -OCH3 is 1. The van der Waals surface area contributed by atoms with Gasteiger partial charge in [0, 0.05) is 18.7 Å². The predicted octanol–water partition coefficient (Wildman–Crippen LogP) is 4.28. The van der Waals surface area contributed by atoms with Crippen molar-refractivity contribution in [1.82, 2.24) is 9.29 Å². The highest BCUT2D eigenvalue weighted by Crippen LogP contribution is 2.33. The minimum absolute atomic E-state index is 0.0420. The molecule has 214 valence electrons. The SMILES string of the molecule is COc1ccc2nc(N(/N=C/c3ccc([N+](=O)[O-])o3)C(=O)c3ccc(S(=O)(=O)N4CC(C)OC(C)C4)cc3)sc2c1. The first-order valence-electron chi connectivity index (χ1n) is 12.4. The summed E-state index contributed by atoms with van der Waals surface area (Å²) in [6.07, 6.45) is 0.673. The molecule has 5 rings (SSSR count). The lowest BCUT2D eigenvalue weighted by Gasteiger charge is -2.34. The molecule has 0 spiro atoms. The second kappa shape index (κ2) is 11.4. The molecule has 1 saturated heterocycles. The van der Waals surface area contributed by atoms with Crippen molar-refractivity contribution in [1.29, 1.82) is 0 Å². The predicted molar refractivity (Wildman–Crippen MR) is 151 cm³/mol. The van der Waals surface area contributed by atoms with E-state index in [0.29, 0.717) is 11.3 Å². The van der Waals surface area contributed by atoms with Crippen molar-refractivity contribution in [3.8, 4) is 5.75 Å². The third-order valence-corrected chi connectivity index (χ3v) is 9.02. The zero-order chi connectivity index (χ0) is 29.3. The molecule has 1 amide bonds. The lowest BCUT2D eigenvalue weighted by Crippen LogP contribution is -2.48. The van der Waals surface area contributed by atoms with Gasteiger partial charge in [-0.15, -0.1) is 0 Å². The van der Waals surface area contributed by atoms with Crippen molar-refractivity contribution in [2.45, 2.75) is 31.0 Å². The molecule has 2 atom stereocenters. The molecule has 0 bridgehead atoms. The molecule has 1 fully saturated rings. The zero-order valence-corrected chi connectivity index (χ0v) is 23.8. The van der Waals surface area contributed by atoms with E-state index in [-0.39, 0.29) is 46.6 Å². The van der Waals surface area contributed by atoms with Gasteiger partial charge in [0.1, 0.15) is 10.7 Å². The third kappa shape index (κ3) is 5.97. The van der Waals surface area contributed by atoms with Gasteiger partial charge in [0.25, 0.3) is 5.91 Å². The van der Waals surface area contributed by atoms with Crippen LogP contribution in [-0.4, -0.2) is 67.2 Å². The summed E-state index contributed by atoms with van der Waals surface area (Å²) >= 11 is 1.18. The number of carbonyl (C=O) groups excluding carboxylic acids is 1. The van der Waals surface area contributed by atoms with Crippen LogP contribution in [0.5, 0.6) is 5.75 Å². The molecule has 2 aromatic carbocycles. The summed E-state index contributed by atoms with van der Waals surface area (Å²) in [5.74, 6) is -0.423. The normalized spacial score (nSPS) is 18.1. The van der Waals surface area contributed by atoms with Gasteiger partial charge >= 0.3 is 5.88 Å². The van der Waals surface area contributed by atoms with Crippen LogP contribution in [0.15, 0.2) is 69.0 Å². The second-order valence-electron chi connectivity index (χ2n) is 9.23. The van der Waals surface area contributed by atoms with E-state index in [0.717, 1.165) is 15.9 Å². The van der Waals surface area contributed by atoms with Crippen LogP contribution < -0.4 is 9.75 Å². The number of amides is 1. The van der Waals surface area contributed by atoms with Crippen LogP contribution in [0.3, 0.4) is 0 Å². The fourth-order valence-electron chi connectivity index (χ4n) is 4.29. The van der Waals surface area contributed by atoms with Gasteiger partial charge in [-0.2, -0.15) is 14.4 Å². The molecule has 0 aliphatic carbocycles. The monoisotopic (exact) mass is 599 g/mol. The van der Waals surface area contributed by atoms with Crippen LogP contribution in [0.25, 0.3) is 10.2 Å². The summed E-state index contributed by atoms with van der Waals surface area (Å²) in [5, 5.41) is 16.5. The maximum absolute atomic E-state index is 13.7. The maximum atomic E-state index is 13.7. The first-order valence-corrected chi connectivity index (χ1v) is 14.6. The molecule has 0 radical (unpaired) electrons. The number of fused-ring (bicyclic) bond motifs is 1. The van der Waals surface area contributed by atoms with Crippen LogP contribution in [-0.2, 0) is 14.8 Å². The Morgan fingerprint density at radius 3 is 2.51 bits per heavy atom. The molecular weight excluding hydrogens is 574 g/mol. The zero-order valence-electron chi connectivity index (χ0n) is 22.2. The molecule has 4 aromatic rings. The molecule has 15 heteroatoms. The molecule has 1 aliphatic heterocycles. The Balaban J connectivity index is 1.47. The lowest BCUT2D eigenvalue weighted by atomic mass is 10.2. The summed E-state index contributed by atoms with van der Waals surface area (Å²) in [6.45, 7) is 4.08. The quantitative estimate of drug-likeness (QED) is 0.164. The molecular formula is C26H25N5O8S2. The Hall–Kier alpha value is -4.18. The average molecular weight is 600 g/mol. The summed E-state index contributed by atoms with van der Waals surface area (Å²) in [7, 11) is -2.27. The smallest absolute Gasteiger partial charge is 0.433 e. The topological polar surface area (TPSA) is 158 Å². The fourth-order valence-corrected chi connectivity index (χ4v) is 6.83. The lowest BCUT2D eigenvalue weighted by molar-refractivity contribution is -0.402. The van der Waals surface area contributed by atoms with E-state index in [1.807, 2.05) is 13.8 Å². The van der Waals surface area contributed by atoms with Gasteiger partial charge in [-0.1, -0.05) is 11.3 Å². The number of thiazole rings is 1. The van der Waals surface area contributed by atoms with Gasteiger partial charge < -0.3 is 13.9 Å². The molecule has 41 heavy (non-hydrogen) atoms. The molecule has 0 N–H and O–H groups in total. The fraction of sp³-hybridized carbons (Fsp3) is 0.269. The van der Waals surface area contributed by atoms with Crippen molar-refractivity contribution in [2.24, 2.45) is 5.10 Å². The molecule has 13 nitrogen and oxygen atoms in total. The van der Waals surface area contributed by atoms with E-state index in [2.05, 4.69) is 10.1 Å². The molecule has 2 aromatic heterocycles. The number of benzene rings is 2. The average Bonchev–Trinajstić information content (AvgIpc) is 3.59. The van der Waals surface area contributed by atoms with Gasteiger partial charge in [0.15, 0.2) is 5.76 Å². The Morgan fingerprint density at radius 1 is 1.17 bits per heavy atom. The number of sulfonamides is 1.